The van der Waals surface area contributed by atoms with Crippen LogP contribution >= 0.6 is 11.6 Å². The molecule has 116 valence electrons. The van der Waals surface area contributed by atoms with Gasteiger partial charge >= 0.3 is 6.03 Å². The van der Waals surface area contributed by atoms with Crippen molar-refractivity contribution in [3.63, 3.8) is 0 Å². The smallest absolute Gasteiger partial charge is 0.321 e. The highest BCUT2D eigenvalue weighted by Gasteiger charge is 2.32. The monoisotopic (exact) mass is 318 g/mol. The molecule has 1 aromatic carbocycles. The molecule has 2 aromatic rings. The van der Waals surface area contributed by atoms with Gasteiger partial charge in [-0.15, -0.1) is 0 Å². The number of halogens is 1. The molecule has 0 unspecified atom stereocenters. The minimum absolute atomic E-state index is 0.0718. The molecule has 3 rings (SSSR count). The van der Waals surface area contributed by atoms with Crippen LogP contribution in [-0.4, -0.2) is 33.8 Å². The van der Waals surface area contributed by atoms with Crippen LogP contribution in [0.5, 0.6) is 0 Å². The normalized spacial score (nSPS) is 14.8. The number of carbonyl (C=O) groups is 1. The molecule has 0 atom stereocenters. The van der Waals surface area contributed by atoms with Crippen LogP contribution < -0.4 is 5.32 Å². The number of amides is 2. The number of anilines is 1. The van der Waals surface area contributed by atoms with Gasteiger partial charge in [-0.05, 0) is 31.5 Å². The van der Waals surface area contributed by atoms with Gasteiger partial charge in [0.1, 0.15) is 0 Å². The fourth-order valence-corrected chi connectivity index (χ4v) is 2.95. The van der Waals surface area contributed by atoms with E-state index < -0.39 is 0 Å². The molecule has 22 heavy (non-hydrogen) atoms. The number of nitrogens with one attached hydrogen (secondary N) is 1. The molecule has 2 heterocycles. The third-order valence-corrected chi connectivity index (χ3v) is 4.46. The molecule has 1 N–H and O–H groups in total. The minimum Gasteiger partial charge on any atom is -0.323 e. The lowest BCUT2D eigenvalue weighted by atomic mass is 9.92. The fourth-order valence-electron chi connectivity index (χ4n) is 2.76. The summed E-state index contributed by atoms with van der Waals surface area (Å²) in [5.41, 5.74) is 3.78. The molecule has 0 aliphatic carbocycles. The van der Waals surface area contributed by atoms with E-state index in [2.05, 4.69) is 16.5 Å². The van der Waals surface area contributed by atoms with Gasteiger partial charge in [-0.3, -0.25) is 4.68 Å². The average molecular weight is 319 g/mol. The average Bonchev–Trinajstić information content (AvgIpc) is 2.64. The number of benzene rings is 1. The molecule has 0 bridgehead atoms. The number of aromatic nitrogens is 2. The second-order valence-electron chi connectivity index (χ2n) is 5.76. The summed E-state index contributed by atoms with van der Waals surface area (Å²) in [6.45, 7) is 5.27. The molecule has 1 aliphatic rings. The Kier molecular flexibility index (Phi) is 3.83. The van der Waals surface area contributed by atoms with Crippen LogP contribution in [0.3, 0.4) is 0 Å². The van der Waals surface area contributed by atoms with E-state index >= 15 is 0 Å². The Morgan fingerprint density at radius 3 is 2.68 bits per heavy atom. The summed E-state index contributed by atoms with van der Waals surface area (Å²) in [6, 6.07) is 7.76. The Bertz CT molecular complexity index is 719. The van der Waals surface area contributed by atoms with Gasteiger partial charge in [0, 0.05) is 31.1 Å². The zero-order valence-electron chi connectivity index (χ0n) is 12.9. The fraction of sp³-hybridized carbons (Fsp3) is 0.375. The van der Waals surface area contributed by atoms with E-state index in [1.807, 2.05) is 39.1 Å². The van der Waals surface area contributed by atoms with Crippen LogP contribution in [0.25, 0.3) is 0 Å². The Labute approximate surface area is 134 Å². The van der Waals surface area contributed by atoms with Crippen molar-refractivity contribution in [1.82, 2.24) is 14.7 Å². The second-order valence-corrected chi connectivity index (χ2v) is 6.19. The topological polar surface area (TPSA) is 50.2 Å². The van der Waals surface area contributed by atoms with Crippen LogP contribution in [0.15, 0.2) is 24.3 Å². The zero-order chi connectivity index (χ0) is 15.9. The summed E-state index contributed by atoms with van der Waals surface area (Å²) in [6.07, 6.45) is 0. The third-order valence-electron chi connectivity index (χ3n) is 4.23. The first kappa shape index (κ1) is 14.9. The largest absolute Gasteiger partial charge is 0.323 e. The Morgan fingerprint density at radius 2 is 2.09 bits per heavy atom. The molecule has 0 radical (unpaired) electrons. The van der Waals surface area contributed by atoms with Gasteiger partial charge in [0.15, 0.2) is 0 Å². The number of carbonyl (C=O) groups excluding carboxylic acids is 1. The first-order valence-corrected chi connectivity index (χ1v) is 7.65. The number of hydrogen-bond acceptors (Lipinski definition) is 2. The summed E-state index contributed by atoms with van der Waals surface area (Å²) in [5, 5.41) is 8.01. The molecule has 5 nitrogen and oxygen atoms in total. The molecule has 0 spiro atoms. The lowest BCUT2D eigenvalue weighted by Gasteiger charge is -2.39. The summed E-state index contributed by atoms with van der Waals surface area (Å²) < 4.78 is 1.77. The summed E-state index contributed by atoms with van der Waals surface area (Å²) in [4.78, 5) is 14.1. The Morgan fingerprint density at radius 1 is 1.36 bits per heavy atom. The maximum atomic E-state index is 12.3. The minimum atomic E-state index is -0.0718. The highest BCUT2D eigenvalue weighted by Crippen LogP contribution is 2.29. The van der Waals surface area contributed by atoms with Gasteiger partial charge in [-0.2, -0.15) is 5.10 Å². The van der Waals surface area contributed by atoms with E-state index in [1.165, 1.54) is 5.56 Å². The van der Waals surface area contributed by atoms with E-state index in [0.717, 1.165) is 22.1 Å². The van der Waals surface area contributed by atoms with Gasteiger partial charge in [-0.1, -0.05) is 23.7 Å². The predicted octanol–water partition coefficient (Wildman–Crippen LogP) is 3.32. The van der Waals surface area contributed by atoms with Gasteiger partial charge in [0.05, 0.1) is 17.1 Å². The highest BCUT2D eigenvalue weighted by molar-refractivity contribution is 6.30. The number of aryl methyl sites for hydroxylation is 2. The second kappa shape index (κ2) is 5.65. The van der Waals surface area contributed by atoms with E-state index in [9.17, 15) is 4.79 Å². The quantitative estimate of drug-likeness (QED) is 0.923. The van der Waals surface area contributed by atoms with Crippen LogP contribution in [0.1, 0.15) is 22.9 Å². The van der Waals surface area contributed by atoms with Crippen molar-refractivity contribution < 1.29 is 4.79 Å². The van der Waals surface area contributed by atoms with E-state index in [1.54, 1.807) is 9.58 Å². The number of nitrogens with zero attached hydrogens (tertiary/aromatic N) is 3. The first-order chi connectivity index (χ1) is 10.5. The highest BCUT2D eigenvalue weighted by atomic mass is 35.5. The van der Waals surface area contributed by atoms with Crippen molar-refractivity contribution in [3.8, 4) is 0 Å². The van der Waals surface area contributed by atoms with Gasteiger partial charge in [0.25, 0.3) is 0 Å². The number of urea groups is 1. The van der Waals surface area contributed by atoms with Crippen molar-refractivity contribution in [3.05, 3.63) is 46.2 Å². The SMILES string of the molecule is Cc1nn(C)c(C)c1NC(=O)N1CC(c2cccc(Cl)c2)C1. The van der Waals surface area contributed by atoms with E-state index in [0.29, 0.717) is 19.0 Å². The Hall–Kier alpha value is -2.01. The van der Waals surface area contributed by atoms with Crippen molar-refractivity contribution in [2.75, 3.05) is 18.4 Å². The van der Waals surface area contributed by atoms with Crippen LogP contribution in [0.4, 0.5) is 10.5 Å². The lowest BCUT2D eigenvalue weighted by molar-refractivity contribution is 0.164. The molecule has 2 amide bonds. The standard InChI is InChI=1S/C16H19ClN4O/c1-10-15(11(2)20(3)19-10)18-16(22)21-8-13(9-21)12-5-4-6-14(17)7-12/h4-7,13H,8-9H2,1-3H3,(H,18,22). The van der Waals surface area contributed by atoms with Gasteiger partial charge in [0.2, 0.25) is 0 Å². The summed E-state index contributed by atoms with van der Waals surface area (Å²) in [5.74, 6) is 0.362. The number of likely N-dealkylation sites (tertiary alicyclic amines) is 1. The molecular weight excluding hydrogens is 300 g/mol. The summed E-state index contributed by atoms with van der Waals surface area (Å²) >= 11 is 6.01. The molecule has 6 heteroatoms. The van der Waals surface area contributed by atoms with Crippen molar-refractivity contribution in [2.24, 2.45) is 7.05 Å². The Balaban J connectivity index is 1.62. The van der Waals surface area contributed by atoms with E-state index in [-0.39, 0.29) is 6.03 Å². The number of hydrogen-bond donors (Lipinski definition) is 1. The maximum Gasteiger partial charge on any atom is 0.321 e. The van der Waals surface area contributed by atoms with Crippen molar-refractivity contribution in [2.45, 2.75) is 19.8 Å². The van der Waals surface area contributed by atoms with Crippen LogP contribution in [0.2, 0.25) is 5.02 Å². The third kappa shape index (κ3) is 2.68. The van der Waals surface area contributed by atoms with Gasteiger partial charge < -0.3 is 10.2 Å². The lowest BCUT2D eigenvalue weighted by Crippen LogP contribution is -2.50. The maximum absolute atomic E-state index is 12.3. The first-order valence-electron chi connectivity index (χ1n) is 7.27. The molecular formula is C16H19ClN4O. The number of rotatable bonds is 2. The molecule has 1 fully saturated rings. The summed E-state index contributed by atoms with van der Waals surface area (Å²) in [7, 11) is 1.87. The zero-order valence-corrected chi connectivity index (χ0v) is 13.7. The predicted molar refractivity (Wildman–Crippen MR) is 87.5 cm³/mol. The van der Waals surface area contributed by atoms with Crippen LogP contribution in [-0.2, 0) is 7.05 Å². The van der Waals surface area contributed by atoms with Crippen molar-refractivity contribution >= 4 is 23.3 Å². The molecule has 0 saturated carbocycles. The molecule has 1 aromatic heterocycles. The molecule has 1 saturated heterocycles. The van der Waals surface area contributed by atoms with Crippen LogP contribution in [0, 0.1) is 13.8 Å². The van der Waals surface area contributed by atoms with Gasteiger partial charge in [-0.25, -0.2) is 4.79 Å². The molecule has 1 aliphatic heterocycles. The van der Waals surface area contributed by atoms with E-state index in [4.69, 9.17) is 11.6 Å². The van der Waals surface area contributed by atoms with Crippen molar-refractivity contribution in [1.29, 1.82) is 0 Å².